The molecule has 1 aliphatic rings. The lowest BCUT2D eigenvalue weighted by molar-refractivity contribution is 0.0728. The SMILES string of the molecule is CCC1CCCN1C(=O)c1ccncc1F. The van der Waals surface area contributed by atoms with Crippen LogP contribution in [-0.2, 0) is 0 Å². The first-order valence-electron chi connectivity index (χ1n) is 5.64. The summed E-state index contributed by atoms with van der Waals surface area (Å²) in [6, 6.07) is 1.71. The number of hydrogen-bond donors (Lipinski definition) is 0. The van der Waals surface area contributed by atoms with Crippen LogP contribution in [0, 0.1) is 5.82 Å². The highest BCUT2D eigenvalue weighted by molar-refractivity contribution is 5.94. The largest absolute Gasteiger partial charge is 0.336 e. The van der Waals surface area contributed by atoms with Crippen LogP contribution >= 0.6 is 0 Å². The normalized spacial score (nSPS) is 20.1. The number of halogens is 1. The summed E-state index contributed by atoms with van der Waals surface area (Å²) < 4.78 is 13.4. The van der Waals surface area contributed by atoms with Crippen molar-refractivity contribution in [3.63, 3.8) is 0 Å². The molecule has 16 heavy (non-hydrogen) atoms. The summed E-state index contributed by atoms with van der Waals surface area (Å²) in [5, 5.41) is 0. The topological polar surface area (TPSA) is 33.2 Å². The minimum absolute atomic E-state index is 0.135. The zero-order valence-electron chi connectivity index (χ0n) is 9.32. The van der Waals surface area contributed by atoms with Crippen LogP contribution in [0.5, 0.6) is 0 Å². The minimum Gasteiger partial charge on any atom is -0.336 e. The van der Waals surface area contributed by atoms with Gasteiger partial charge in [0, 0.05) is 18.8 Å². The maximum Gasteiger partial charge on any atom is 0.257 e. The van der Waals surface area contributed by atoms with E-state index in [1.807, 2.05) is 0 Å². The number of carbonyl (C=O) groups is 1. The molecular formula is C12H15FN2O. The van der Waals surface area contributed by atoms with E-state index in [0.29, 0.717) is 0 Å². The minimum atomic E-state index is -0.533. The van der Waals surface area contributed by atoms with Crippen LogP contribution in [0.3, 0.4) is 0 Å². The number of nitrogens with zero attached hydrogens (tertiary/aromatic N) is 2. The number of aromatic nitrogens is 1. The van der Waals surface area contributed by atoms with E-state index in [2.05, 4.69) is 11.9 Å². The molecule has 1 saturated heterocycles. The maximum absolute atomic E-state index is 13.4. The first-order valence-corrected chi connectivity index (χ1v) is 5.64. The lowest BCUT2D eigenvalue weighted by Gasteiger charge is -2.23. The third kappa shape index (κ3) is 1.92. The van der Waals surface area contributed by atoms with Crippen LogP contribution in [0.4, 0.5) is 4.39 Å². The quantitative estimate of drug-likeness (QED) is 0.768. The molecule has 2 rings (SSSR count). The molecule has 0 saturated carbocycles. The molecule has 0 aromatic carbocycles. The molecule has 86 valence electrons. The summed E-state index contributed by atoms with van der Waals surface area (Å²) >= 11 is 0. The van der Waals surface area contributed by atoms with Crippen molar-refractivity contribution in [2.75, 3.05) is 6.54 Å². The summed E-state index contributed by atoms with van der Waals surface area (Å²) in [6.07, 6.45) is 5.50. The highest BCUT2D eigenvalue weighted by Gasteiger charge is 2.29. The van der Waals surface area contributed by atoms with Crippen LogP contribution in [0.25, 0.3) is 0 Å². The maximum atomic E-state index is 13.4. The third-order valence-corrected chi connectivity index (χ3v) is 3.11. The van der Waals surface area contributed by atoms with Crippen LogP contribution < -0.4 is 0 Å². The van der Waals surface area contributed by atoms with E-state index in [-0.39, 0.29) is 17.5 Å². The Kier molecular flexibility index (Phi) is 3.17. The molecule has 0 N–H and O–H groups in total. The van der Waals surface area contributed by atoms with E-state index in [4.69, 9.17) is 0 Å². The first kappa shape index (κ1) is 11.0. The second kappa shape index (κ2) is 4.60. The molecule has 0 bridgehead atoms. The van der Waals surface area contributed by atoms with Gasteiger partial charge in [-0.2, -0.15) is 0 Å². The van der Waals surface area contributed by atoms with Gasteiger partial charge in [0.05, 0.1) is 11.8 Å². The van der Waals surface area contributed by atoms with E-state index < -0.39 is 5.82 Å². The Balaban J connectivity index is 2.22. The van der Waals surface area contributed by atoms with E-state index in [9.17, 15) is 9.18 Å². The van der Waals surface area contributed by atoms with Crippen molar-refractivity contribution in [3.05, 3.63) is 29.8 Å². The molecule has 1 atom stereocenters. The molecule has 1 aromatic heterocycles. The van der Waals surface area contributed by atoms with Gasteiger partial charge < -0.3 is 4.90 Å². The molecule has 2 heterocycles. The number of hydrogen-bond acceptors (Lipinski definition) is 2. The predicted molar refractivity (Wildman–Crippen MR) is 58.5 cm³/mol. The van der Waals surface area contributed by atoms with Gasteiger partial charge in [0.1, 0.15) is 0 Å². The van der Waals surface area contributed by atoms with Crippen molar-refractivity contribution in [1.82, 2.24) is 9.88 Å². The average Bonchev–Trinajstić information content (AvgIpc) is 2.77. The molecule has 4 heteroatoms. The average molecular weight is 222 g/mol. The number of likely N-dealkylation sites (tertiary alicyclic amines) is 1. The summed E-state index contributed by atoms with van der Waals surface area (Å²) in [5.74, 6) is -0.737. The van der Waals surface area contributed by atoms with Gasteiger partial charge in [-0.25, -0.2) is 4.39 Å². The lowest BCUT2D eigenvalue weighted by Crippen LogP contribution is -2.35. The number of amides is 1. The second-order valence-corrected chi connectivity index (χ2v) is 4.06. The summed E-state index contributed by atoms with van der Waals surface area (Å²) in [7, 11) is 0. The van der Waals surface area contributed by atoms with E-state index in [1.54, 1.807) is 4.90 Å². The third-order valence-electron chi connectivity index (χ3n) is 3.11. The Morgan fingerprint density at radius 1 is 1.69 bits per heavy atom. The van der Waals surface area contributed by atoms with Crippen molar-refractivity contribution in [2.24, 2.45) is 0 Å². The smallest absolute Gasteiger partial charge is 0.257 e. The van der Waals surface area contributed by atoms with Gasteiger partial charge in [-0.15, -0.1) is 0 Å². The van der Waals surface area contributed by atoms with E-state index in [1.165, 1.54) is 12.3 Å². The van der Waals surface area contributed by atoms with Crippen LogP contribution in [0.1, 0.15) is 36.5 Å². The van der Waals surface area contributed by atoms with Crippen LogP contribution in [0.15, 0.2) is 18.5 Å². The molecule has 3 nitrogen and oxygen atoms in total. The molecule has 0 aliphatic carbocycles. The molecule has 1 aliphatic heterocycles. The standard InChI is InChI=1S/C12H15FN2O/c1-2-9-4-3-7-15(9)12(16)10-5-6-14-8-11(10)13/h5-6,8-9H,2-4,7H2,1H3. The summed E-state index contributed by atoms with van der Waals surface area (Å²) in [4.78, 5) is 17.5. The number of pyridine rings is 1. The Morgan fingerprint density at radius 3 is 3.19 bits per heavy atom. The Hall–Kier alpha value is -1.45. The zero-order valence-corrected chi connectivity index (χ0v) is 9.32. The number of rotatable bonds is 2. The first-order chi connectivity index (χ1) is 7.74. The Morgan fingerprint density at radius 2 is 2.50 bits per heavy atom. The fourth-order valence-corrected chi connectivity index (χ4v) is 2.23. The van der Waals surface area contributed by atoms with E-state index >= 15 is 0 Å². The molecule has 0 radical (unpaired) electrons. The Bertz CT molecular complexity index is 394. The summed E-state index contributed by atoms with van der Waals surface area (Å²) in [6.45, 7) is 2.79. The summed E-state index contributed by atoms with van der Waals surface area (Å²) in [5.41, 5.74) is 0.135. The lowest BCUT2D eigenvalue weighted by atomic mass is 10.1. The van der Waals surface area contributed by atoms with Crippen molar-refractivity contribution >= 4 is 5.91 Å². The van der Waals surface area contributed by atoms with E-state index in [0.717, 1.165) is 32.0 Å². The fraction of sp³-hybridized carbons (Fsp3) is 0.500. The van der Waals surface area contributed by atoms with Gasteiger partial charge in [0.25, 0.3) is 5.91 Å². The predicted octanol–water partition coefficient (Wildman–Crippen LogP) is 2.24. The van der Waals surface area contributed by atoms with Crippen LogP contribution in [-0.4, -0.2) is 28.4 Å². The van der Waals surface area contributed by atoms with Crippen molar-refractivity contribution < 1.29 is 9.18 Å². The molecule has 1 amide bonds. The van der Waals surface area contributed by atoms with Gasteiger partial charge in [0.15, 0.2) is 5.82 Å². The molecule has 1 fully saturated rings. The van der Waals surface area contributed by atoms with Crippen molar-refractivity contribution in [3.8, 4) is 0 Å². The highest BCUT2D eigenvalue weighted by Crippen LogP contribution is 2.22. The van der Waals surface area contributed by atoms with Crippen LogP contribution in [0.2, 0.25) is 0 Å². The highest BCUT2D eigenvalue weighted by atomic mass is 19.1. The van der Waals surface area contributed by atoms with Gasteiger partial charge in [-0.05, 0) is 25.3 Å². The van der Waals surface area contributed by atoms with Gasteiger partial charge in [-0.3, -0.25) is 9.78 Å². The molecule has 1 aromatic rings. The molecule has 1 unspecified atom stereocenters. The molecule has 0 spiro atoms. The van der Waals surface area contributed by atoms with Crippen molar-refractivity contribution in [1.29, 1.82) is 0 Å². The second-order valence-electron chi connectivity index (χ2n) is 4.06. The Labute approximate surface area is 94.3 Å². The van der Waals surface area contributed by atoms with Gasteiger partial charge >= 0.3 is 0 Å². The number of carbonyl (C=O) groups excluding carboxylic acids is 1. The zero-order chi connectivity index (χ0) is 11.5. The van der Waals surface area contributed by atoms with Crippen molar-refractivity contribution in [2.45, 2.75) is 32.2 Å². The monoisotopic (exact) mass is 222 g/mol. The van der Waals surface area contributed by atoms with Gasteiger partial charge in [-0.1, -0.05) is 6.92 Å². The molecular weight excluding hydrogens is 207 g/mol. The fourth-order valence-electron chi connectivity index (χ4n) is 2.23. The van der Waals surface area contributed by atoms with Gasteiger partial charge in [0.2, 0.25) is 0 Å².